The van der Waals surface area contributed by atoms with Crippen molar-refractivity contribution in [3.05, 3.63) is 63.1 Å². The summed E-state index contributed by atoms with van der Waals surface area (Å²) in [5.74, 6) is -3.39. The highest BCUT2D eigenvalue weighted by Gasteiger charge is 2.39. The fraction of sp³-hybridized carbons (Fsp3) is 0.273. The van der Waals surface area contributed by atoms with Gasteiger partial charge >= 0.3 is 6.18 Å². The maximum absolute atomic E-state index is 15.1. The molecule has 0 saturated carbocycles. The summed E-state index contributed by atoms with van der Waals surface area (Å²) in [6, 6.07) is 5.41. The van der Waals surface area contributed by atoms with E-state index in [-0.39, 0.29) is 15.6 Å². The minimum Gasteiger partial charge on any atom is -0.480 e. The summed E-state index contributed by atoms with van der Waals surface area (Å²) < 4.78 is 73.8. The van der Waals surface area contributed by atoms with E-state index in [0.29, 0.717) is 13.0 Å². The lowest BCUT2D eigenvalue weighted by molar-refractivity contribution is -0.189. The summed E-state index contributed by atoms with van der Waals surface area (Å²) in [4.78, 5) is 18.2. The Morgan fingerprint density at radius 3 is 2.71 bits per heavy atom. The molecule has 0 saturated heterocycles. The molecule has 1 aromatic heterocycles. The highest BCUT2D eigenvalue weighted by molar-refractivity contribution is 7.15. The number of para-hydroxylation sites is 1. The Hall–Kier alpha value is -2.76. The Morgan fingerprint density at radius 2 is 2.03 bits per heavy atom. The summed E-state index contributed by atoms with van der Waals surface area (Å²) >= 11 is 7.13. The van der Waals surface area contributed by atoms with Gasteiger partial charge in [0.2, 0.25) is 0 Å². The molecular formula is C22H17ClF5N3O2S. The van der Waals surface area contributed by atoms with Crippen LogP contribution in [0.15, 0.2) is 30.3 Å². The lowest BCUT2D eigenvalue weighted by Gasteiger charge is -2.20. The number of carbonyl (C=O) groups excluding carboxylic acids is 1. The highest BCUT2D eigenvalue weighted by atomic mass is 35.5. The molecule has 5 nitrogen and oxygen atoms in total. The van der Waals surface area contributed by atoms with Crippen LogP contribution in [0.3, 0.4) is 0 Å². The van der Waals surface area contributed by atoms with Crippen LogP contribution >= 0.6 is 22.9 Å². The third-order valence-electron chi connectivity index (χ3n) is 5.11. The molecule has 0 spiro atoms. The molecule has 2 N–H and O–H groups in total. The van der Waals surface area contributed by atoms with Gasteiger partial charge in [-0.05, 0) is 37.6 Å². The average Bonchev–Trinajstić information content (AvgIpc) is 3.20. The molecule has 180 valence electrons. The fourth-order valence-corrected chi connectivity index (χ4v) is 4.59. The highest BCUT2D eigenvalue weighted by Crippen LogP contribution is 2.37. The fourth-order valence-electron chi connectivity index (χ4n) is 3.29. The lowest BCUT2D eigenvalue weighted by atomic mass is 10.1. The first kappa shape index (κ1) is 24.4. The van der Waals surface area contributed by atoms with Gasteiger partial charge in [0.05, 0.1) is 22.0 Å². The number of anilines is 1. The number of hydrogen-bond donors (Lipinski definition) is 2. The number of rotatable bonds is 5. The van der Waals surface area contributed by atoms with E-state index in [4.69, 9.17) is 16.3 Å². The van der Waals surface area contributed by atoms with Crippen LogP contribution in [0.4, 0.5) is 27.6 Å². The molecule has 2 heterocycles. The number of hydrogen-bond acceptors (Lipinski definition) is 5. The second kappa shape index (κ2) is 9.47. The molecule has 1 amide bonds. The lowest BCUT2D eigenvalue weighted by Crippen LogP contribution is -2.32. The normalized spacial score (nSPS) is 14.4. The maximum Gasteiger partial charge on any atom is 0.425 e. The van der Waals surface area contributed by atoms with Crippen molar-refractivity contribution in [3.8, 4) is 16.3 Å². The molecular weight excluding hydrogens is 501 g/mol. The summed E-state index contributed by atoms with van der Waals surface area (Å²) in [6.45, 7) is 1.98. The quantitative estimate of drug-likeness (QED) is 0.409. The van der Waals surface area contributed by atoms with Gasteiger partial charge in [-0.15, -0.1) is 11.3 Å². The third-order valence-corrected chi connectivity index (χ3v) is 6.62. The predicted octanol–water partition coefficient (Wildman–Crippen LogP) is 5.97. The Labute approximate surface area is 199 Å². The largest absolute Gasteiger partial charge is 0.480 e. The molecule has 0 fully saturated rings. The Bertz CT molecular complexity index is 1200. The minimum atomic E-state index is -4.75. The Morgan fingerprint density at radius 1 is 1.26 bits per heavy atom. The molecule has 3 aromatic rings. The zero-order valence-electron chi connectivity index (χ0n) is 17.5. The van der Waals surface area contributed by atoms with Crippen LogP contribution in [0, 0.1) is 11.6 Å². The van der Waals surface area contributed by atoms with Crippen LogP contribution in [0.1, 0.15) is 27.9 Å². The molecule has 0 aliphatic carbocycles. The van der Waals surface area contributed by atoms with Crippen LogP contribution in [0.5, 0.6) is 5.75 Å². The zero-order chi connectivity index (χ0) is 24.6. The van der Waals surface area contributed by atoms with Gasteiger partial charge in [-0.3, -0.25) is 4.79 Å². The average molecular weight is 518 g/mol. The maximum atomic E-state index is 15.1. The van der Waals surface area contributed by atoms with Crippen LogP contribution < -0.4 is 15.4 Å². The standard InChI is InChI=1S/C22H17ClF5N3O2S/c1-10(22(26,27)28)33-17-8-11(21-30-16-9-29-6-5-18(16)34-21)15(25)7-12(17)20(32)31-19-13(23)3-2-4-14(19)24/h2-4,7-8,10,29H,5-6,9H2,1H3,(H,31,32). The molecule has 0 bridgehead atoms. The molecule has 12 heteroatoms. The van der Waals surface area contributed by atoms with Gasteiger partial charge in [0.25, 0.3) is 5.91 Å². The Balaban J connectivity index is 1.76. The van der Waals surface area contributed by atoms with Crippen molar-refractivity contribution in [1.82, 2.24) is 10.3 Å². The summed E-state index contributed by atoms with van der Waals surface area (Å²) in [5.41, 5.74) is -0.328. The van der Waals surface area contributed by atoms with Gasteiger partial charge in [-0.25, -0.2) is 13.8 Å². The molecule has 1 unspecified atom stereocenters. The van der Waals surface area contributed by atoms with Gasteiger partial charge in [0.15, 0.2) is 6.10 Å². The van der Waals surface area contributed by atoms with Gasteiger partial charge in [-0.2, -0.15) is 13.2 Å². The summed E-state index contributed by atoms with van der Waals surface area (Å²) in [7, 11) is 0. The molecule has 0 radical (unpaired) electrons. The van der Waals surface area contributed by atoms with E-state index >= 15 is 4.39 Å². The van der Waals surface area contributed by atoms with Crippen molar-refractivity contribution in [2.75, 3.05) is 11.9 Å². The van der Waals surface area contributed by atoms with Gasteiger partial charge < -0.3 is 15.4 Å². The number of carbonyl (C=O) groups is 1. The number of aromatic nitrogens is 1. The number of alkyl halides is 3. The number of nitrogens with one attached hydrogen (secondary N) is 2. The first-order valence-corrected chi connectivity index (χ1v) is 11.3. The van der Waals surface area contributed by atoms with E-state index in [0.717, 1.165) is 42.2 Å². The van der Waals surface area contributed by atoms with Crippen LogP contribution in [0.25, 0.3) is 10.6 Å². The summed E-state index contributed by atoms with van der Waals surface area (Å²) in [6.07, 6.45) is -6.36. The molecule has 1 aliphatic heterocycles. The van der Waals surface area contributed by atoms with Crippen LogP contribution in [0.2, 0.25) is 5.02 Å². The number of nitrogens with zero attached hydrogens (tertiary/aromatic N) is 1. The van der Waals surface area contributed by atoms with E-state index in [2.05, 4.69) is 15.6 Å². The smallest absolute Gasteiger partial charge is 0.425 e. The van der Waals surface area contributed by atoms with Crippen molar-refractivity contribution in [3.63, 3.8) is 0 Å². The number of amides is 1. The van der Waals surface area contributed by atoms with Gasteiger partial charge in [0.1, 0.15) is 22.4 Å². The van der Waals surface area contributed by atoms with Crippen molar-refractivity contribution < 1.29 is 31.5 Å². The molecule has 2 aromatic carbocycles. The molecule has 34 heavy (non-hydrogen) atoms. The van der Waals surface area contributed by atoms with Crippen molar-refractivity contribution in [2.45, 2.75) is 32.2 Å². The van der Waals surface area contributed by atoms with Crippen molar-refractivity contribution in [2.24, 2.45) is 0 Å². The van der Waals surface area contributed by atoms with Crippen molar-refractivity contribution >= 4 is 34.5 Å². The number of thiazole rings is 1. The SMILES string of the molecule is CC(Oc1cc(-c2nc3c(s2)CCNC3)c(F)cc1C(=O)Nc1c(F)cccc1Cl)C(F)(F)F. The predicted molar refractivity (Wildman–Crippen MR) is 118 cm³/mol. The second-order valence-corrected chi connectivity index (χ2v) is 8.99. The van der Waals surface area contributed by atoms with E-state index in [1.54, 1.807) is 0 Å². The monoisotopic (exact) mass is 517 g/mol. The minimum absolute atomic E-state index is 0.107. The van der Waals surface area contributed by atoms with E-state index in [1.807, 2.05) is 0 Å². The second-order valence-electron chi connectivity index (χ2n) is 7.50. The number of fused-ring (bicyclic) bond motifs is 1. The van der Waals surface area contributed by atoms with Gasteiger partial charge in [0, 0.05) is 23.5 Å². The number of benzene rings is 2. The Kier molecular flexibility index (Phi) is 6.79. The van der Waals surface area contributed by atoms with E-state index in [1.165, 1.54) is 23.5 Å². The van der Waals surface area contributed by atoms with Crippen LogP contribution in [-0.2, 0) is 13.0 Å². The van der Waals surface area contributed by atoms with E-state index < -0.39 is 46.8 Å². The zero-order valence-corrected chi connectivity index (χ0v) is 19.1. The van der Waals surface area contributed by atoms with Crippen LogP contribution in [-0.4, -0.2) is 29.7 Å². The molecule has 4 rings (SSSR count). The first-order valence-electron chi connectivity index (χ1n) is 10.1. The summed E-state index contributed by atoms with van der Waals surface area (Å²) in [5, 5.41) is 5.43. The molecule has 1 atom stereocenters. The van der Waals surface area contributed by atoms with E-state index in [9.17, 15) is 22.4 Å². The van der Waals surface area contributed by atoms with Gasteiger partial charge in [-0.1, -0.05) is 17.7 Å². The molecule has 1 aliphatic rings. The number of ether oxygens (including phenoxy) is 1. The van der Waals surface area contributed by atoms with Crippen molar-refractivity contribution in [1.29, 1.82) is 0 Å². The third kappa shape index (κ3) is 5.01. The topological polar surface area (TPSA) is 63.2 Å². The number of halogens is 6. The first-order chi connectivity index (χ1) is 16.0.